The number of aromatic amines is 1. The van der Waals surface area contributed by atoms with E-state index >= 15 is 0 Å². The Hall–Kier alpha value is -2.60. The fourth-order valence-corrected chi connectivity index (χ4v) is 5.21. The molecule has 152 valence electrons. The number of H-pyrrole nitrogens is 1. The number of carbonyl (C=O) groups excluding carboxylic acids is 1. The minimum Gasteiger partial charge on any atom is -0.361 e. The van der Waals surface area contributed by atoms with E-state index in [4.69, 9.17) is 4.52 Å². The van der Waals surface area contributed by atoms with Crippen LogP contribution >= 0.6 is 0 Å². The van der Waals surface area contributed by atoms with Crippen molar-refractivity contribution in [2.24, 2.45) is 5.41 Å². The number of likely N-dealkylation sites (tertiary alicyclic amines) is 2. The van der Waals surface area contributed by atoms with Gasteiger partial charge in [-0.3, -0.25) is 9.69 Å². The first-order valence-electron chi connectivity index (χ1n) is 10.5. The number of fused-ring (bicyclic) bond motifs is 1. The normalized spacial score (nSPS) is 22.8. The van der Waals surface area contributed by atoms with Crippen LogP contribution in [0.2, 0.25) is 0 Å². The maximum absolute atomic E-state index is 13.1. The monoisotopic (exact) mass is 392 g/mol. The number of benzene rings is 1. The van der Waals surface area contributed by atoms with Gasteiger partial charge in [0.1, 0.15) is 5.76 Å². The van der Waals surface area contributed by atoms with Crippen LogP contribution in [0, 0.1) is 19.3 Å². The van der Waals surface area contributed by atoms with Crippen LogP contribution in [0.5, 0.6) is 0 Å². The van der Waals surface area contributed by atoms with Crippen molar-refractivity contribution in [3.8, 4) is 0 Å². The third-order valence-corrected chi connectivity index (χ3v) is 6.83. The molecule has 6 heteroatoms. The first-order valence-corrected chi connectivity index (χ1v) is 10.5. The van der Waals surface area contributed by atoms with E-state index in [-0.39, 0.29) is 11.3 Å². The fourth-order valence-electron chi connectivity index (χ4n) is 5.21. The maximum atomic E-state index is 13.1. The SMILES string of the molecule is Cc1noc(C)c1CN1CCCC2(CCN(C(=O)c3ccc4[nH]ccc4c3)C2)C1. The van der Waals surface area contributed by atoms with Gasteiger partial charge >= 0.3 is 0 Å². The van der Waals surface area contributed by atoms with Crippen molar-refractivity contribution in [3.05, 3.63) is 53.0 Å². The number of hydrogen-bond donors (Lipinski definition) is 1. The molecular formula is C23H28N4O2. The molecule has 1 spiro atoms. The summed E-state index contributed by atoms with van der Waals surface area (Å²) in [6, 6.07) is 7.96. The van der Waals surface area contributed by atoms with Gasteiger partial charge in [-0.2, -0.15) is 0 Å². The second-order valence-corrected chi connectivity index (χ2v) is 8.87. The van der Waals surface area contributed by atoms with Crippen molar-refractivity contribution in [2.75, 3.05) is 26.2 Å². The molecule has 5 rings (SSSR count). The molecule has 2 saturated heterocycles. The number of hydrogen-bond acceptors (Lipinski definition) is 4. The van der Waals surface area contributed by atoms with Gasteiger partial charge in [0, 0.05) is 59.8 Å². The fraction of sp³-hybridized carbons (Fsp3) is 0.478. The third kappa shape index (κ3) is 3.35. The lowest BCUT2D eigenvalue weighted by Crippen LogP contribution is -2.45. The van der Waals surface area contributed by atoms with E-state index in [2.05, 4.69) is 19.9 Å². The highest BCUT2D eigenvalue weighted by atomic mass is 16.5. The van der Waals surface area contributed by atoms with Gasteiger partial charge in [-0.15, -0.1) is 0 Å². The molecular weight excluding hydrogens is 364 g/mol. The summed E-state index contributed by atoms with van der Waals surface area (Å²) in [5.74, 6) is 1.08. The molecule has 0 radical (unpaired) electrons. The third-order valence-electron chi connectivity index (χ3n) is 6.83. The molecule has 1 unspecified atom stereocenters. The number of aryl methyl sites for hydroxylation is 2. The van der Waals surface area contributed by atoms with Crippen molar-refractivity contribution in [2.45, 2.75) is 39.7 Å². The molecule has 0 bridgehead atoms. The molecule has 1 atom stereocenters. The van der Waals surface area contributed by atoms with Gasteiger partial charge in [0.05, 0.1) is 5.69 Å². The van der Waals surface area contributed by atoms with Crippen LogP contribution in [-0.2, 0) is 6.54 Å². The van der Waals surface area contributed by atoms with Gasteiger partial charge in [-0.25, -0.2) is 0 Å². The Morgan fingerprint density at radius 2 is 2.10 bits per heavy atom. The van der Waals surface area contributed by atoms with Crippen molar-refractivity contribution in [3.63, 3.8) is 0 Å². The average molecular weight is 393 g/mol. The van der Waals surface area contributed by atoms with Crippen molar-refractivity contribution >= 4 is 16.8 Å². The molecule has 4 heterocycles. The minimum absolute atomic E-state index is 0.160. The highest BCUT2D eigenvalue weighted by molar-refractivity contribution is 5.98. The number of carbonyl (C=O) groups is 1. The highest BCUT2D eigenvalue weighted by Crippen LogP contribution is 2.40. The summed E-state index contributed by atoms with van der Waals surface area (Å²) >= 11 is 0. The lowest BCUT2D eigenvalue weighted by Gasteiger charge is -2.40. The van der Waals surface area contributed by atoms with Crippen LogP contribution in [-0.4, -0.2) is 52.0 Å². The molecule has 6 nitrogen and oxygen atoms in total. The number of amides is 1. The second-order valence-electron chi connectivity index (χ2n) is 8.87. The summed E-state index contributed by atoms with van der Waals surface area (Å²) in [5, 5.41) is 5.19. The second kappa shape index (κ2) is 7.02. The molecule has 1 aromatic carbocycles. The van der Waals surface area contributed by atoms with E-state index in [0.717, 1.165) is 67.1 Å². The number of nitrogens with zero attached hydrogens (tertiary/aromatic N) is 3. The predicted octanol–water partition coefficient (Wildman–Crippen LogP) is 3.90. The summed E-state index contributed by atoms with van der Waals surface area (Å²) in [6.45, 7) is 8.75. The number of nitrogens with one attached hydrogen (secondary N) is 1. The summed E-state index contributed by atoms with van der Waals surface area (Å²) < 4.78 is 5.34. The largest absolute Gasteiger partial charge is 0.361 e. The van der Waals surface area contributed by atoms with Crippen molar-refractivity contribution in [1.29, 1.82) is 0 Å². The van der Waals surface area contributed by atoms with Gasteiger partial charge in [-0.05, 0) is 63.9 Å². The van der Waals surface area contributed by atoms with Gasteiger partial charge in [0.25, 0.3) is 5.91 Å². The topological polar surface area (TPSA) is 65.4 Å². The van der Waals surface area contributed by atoms with E-state index in [9.17, 15) is 4.79 Å². The Morgan fingerprint density at radius 1 is 1.21 bits per heavy atom. The first-order chi connectivity index (χ1) is 14.0. The average Bonchev–Trinajstić information content (AvgIpc) is 3.43. The van der Waals surface area contributed by atoms with Gasteiger partial charge in [0.15, 0.2) is 0 Å². The van der Waals surface area contributed by atoms with E-state index in [1.54, 1.807) is 0 Å². The Kier molecular flexibility index (Phi) is 4.46. The molecule has 1 N–H and O–H groups in total. The molecule has 3 aromatic rings. The molecule has 2 aliphatic heterocycles. The van der Waals surface area contributed by atoms with Gasteiger partial charge in [0.2, 0.25) is 0 Å². The van der Waals surface area contributed by atoms with E-state index in [1.807, 2.05) is 44.3 Å². The highest BCUT2D eigenvalue weighted by Gasteiger charge is 2.43. The van der Waals surface area contributed by atoms with Crippen LogP contribution in [0.1, 0.15) is 46.6 Å². The molecule has 29 heavy (non-hydrogen) atoms. The zero-order valence-corrected chi connectivity index (χ0v) is 17.2. The summed E-state index contributed by atoms with van der Waals surface area (Å²) in [4.78, 5) is 20.9. The molecule has 2 aliphatic rings. The van der Waals surface area contributed by atoms with E-state index in [1.165, 1.54) is 18.4 Å². The number of aromatic nitrogens is 2. The lowest BCUT2D eigenvalue weighted by atomic mass is 9.79. The lowest BCUT2D eigenvalue weighted by molar-refractivity contribution is 0.0674. The summed E-state index contributed by atoms with van der Waals surface area (Å²) in [5.41, 5.74) is 4.28. The Bertz CT molecular complexity index is 1030. The van der Waals surface area contributed by atoms with Crippen LogP contribution in [0.4, 0.5) is 0 Å². The molecule has 0 aliphatic carbocycles. The van der Waals surface area contributed by atoms with Crippen LogP contribution in [0.15, 0.2) is 35.0 Å². The van der Waals surface area contributed by atoms with E-state index < -0.39 is 0 Å². The van der Waals surface area contributed by atoms with Gasteiger partial charge in [-0.1, -0.05) is 5.16 Å². The Labute approximate surface area is 170 Å². The van der Waals surface area contributed by atoms with Crippen LogP contribution in [0.3, 0.4) is 0 Å². The predicted molar refractivity (Wildman–Crippen MR) is 112 cm³/mol. The zero-order valence-electron chi connectivity index (χ0n) is 17.2. The van der Waals surface area contributed by atoms with E-state index in [0.29, 0.717) is 0 Å². The summed E-state index contributed by atoms with van der Waals surface area (Å²) in [6.07, 6.45) is 5.38. The smallest absolute Gasteiger partial charge is 0.253 e. The first kappa shape index (κ1) is 18.4. The maximum Gasteiger partial charge on any atom is 0.253 e. The zero-order chi connectivity index (χ0) is 20.0. The number of piperidine rings is 1. The van der Waals surface area contributed by atoms with Crippen molar-refractivity contribution in [1.82, 2.24) is 19.9 Å². The molecule has 2 fully saturated rings. The standard InChI is InChI=1S/C23H28N4O2/c1-16-20(17(2)29-25-16)13-26-10-3-7-23(14-26)8-11-27(15-23)22(28)19-4-5-21-18(12-19)6-9-24-21/h4-6,9,12,24H,3,7-8,10-11,13-15H2,1-2H3. The Morgan fingerprint density at radius 3 is 2.93 bits per heavy atom. The molecule has 0 saturated carbocycles. The van der Waals surface area contributed by atoms with Crippen molar-refractivity contribution < 1.29 is 9.32 Å². The quantitative estimate of drug-likeness (QED) is 0.734. The summed E-state index contributed by atoms with van der Waals surface area (Å²) in [7, 11) is 0. The molecule has 1 amide bonds. The Balaban J connectivity index is 1.29. The number of rotatable bonds is 3. The van der Waals surface area contributed by atoms with Crippen LogP contribution < -0.4 is 0 Å². The van der Waals surface area contributed by atoms with Gasteiger partial charge < -0.3 is 14.4 Å². The minimum atomic E-state index is 0.160. The molecule has 2 aromatic heterocycles. The van der Waals surface area contributed by atoms with Crippen LogP contribution in [0.25, 0.3) is 10.9 Å².